The highest BCUT2D eigenvalue weighted by Crippen LogP contribution is 1.93. The van der Waals surface area contributed by atoms with Gasteiger partial charge in [-0.15, -0.1) is 0 Å². The summed E-state index contributed by atoms with van der Waals surface area (Å²) >= 11 is 0. The number of hydrogen-bond donors (Lipinski definition) is 2. The number of rotatable bonds is 10. The fraction of sp³-hybridized carbons (Fsp3) is 0.800. The molecule has 0 heterocycles. The van der Waals surface area contributed by atoms with E-state index in [4.69, 9.17) is 20.1 Å². The molecule has 1 atom stereocenters. The molecule has 18 heavy (non-hydrogen) atoms. The Kier molecular flexibility index (Phi) is 10.2. The summed E-state index contributed by atoms with van der Waals surface area (Å²) in [6, 6.07) is 0. The molecule has 0 unspecified atom stereocenters. The van der Waals surface area contributed by atoms with Crippen molar-refractivity contribution in [1.82, 2.24) is 5.43 Å². The van der Waals surface area contributed by atoms with Gasteiger partial charge in [0.25, 0.3) is 5.91 Å². The van der Waals surface area contributed by atoms with Crippen LogP contribution in [0, 0.1) is 0 Å². The number of nitrogens with two attached hydrogens (primary N) is 1. The van der Waals surface area contributed by atoms with Crippen LogP contribution in [0.3, 0.4) is 0 Å². The van der Waals surface area contributed by atoms with Gasteiger partial charge in [0.05, 0.1) is 33.5 Å². The first kappa shape index (κ1) is 16.8. The number of hydrazine groups is 1. The molecule has 0 aromatic carbocycles. The van der Waals surface area contributed by atoms with E-state index in [1.54, 1.807) is 6.92 Å². The largest absolute Gasteiger partial charge is 0.467 e. The van der Waals surface area contributed by atoms with Gasteiger partial charge in [-0.1, -0.05) is 0 Å². The second kappa shape index (κ2) is 10.9. The zero-order chi connectivity index (χ0) is 13.8. The Morgan fingerprint density at radius 1 is 1.17 bits per heavy atom. The van der Waals surface area contributed by atoms with E-state index in [9.17, 15) is 9.59 Å². The summed E-state index contributed by atoms with van der Waals surface area (Å²) in [7, 11) is 1.30. The van der Waals surface area contributed by atoms with Crippen molar-refractivity contribution >= 4 is 11.9 Å². The van der Waals surface area contributed by atoms with Gasteiger partial charge in [-0.25, -0.2) is 10.6 Å². The van der Waals surface area contributed by atoms with Crippen molar-refractivity contribution in [2.75, 3.05) is 40.1 Å². The molecule has 106 valence electrons. The third kappa shape index (κ3) is 8.88. The first-order valence-corrected chi connectivity index (χ1v) is 5.46. The predicted molar refractivity (Wildman–Crippen MR) is 61.4 cm³/mol. The van der Waals surface area contributed by atoms with E-state index >= 15 is 0 Å². The third-order valence-corrected chi connectivity index (χ3v) is 1.89. The molecule has 0 aromatic rings. The minimum Gasteiger partial charge on any atom is -0.467 e. The van der Waals surface area contributed by atoms with Gasteiger partial charge in [-0.2, -0.15) is 0 Å². The molecule has 1 amide bonds. The Morgan fingerprint density at radius 3 is 2.39 bits per heavy atom. The van der Waals surface area contributed by atoms with Crippen LogP contribution in [-0.4, -0.2) is 58.1 Å². The van der Waals surface area contributed by atoms with E-state index in [-0.39, 0.29) is 19.8 Å². The summed E-state index contributed by atoms with van der Waals surface area (Å²) < 4.78 is 19.7. The van der Waals surface area contributed by atoms with Crippen molar-refractivity contribution in [3.8, 4) is 0 Å². The minimum absolute atomic E-state index is 0.101. The second-order valence-corrected chi connectivity index (χ2v) is 3.27. The summed E-state index contributed by atoms with van der Waals surface area (Å²) in [4.78, 5) is 21.6. The van der Waals surface area contributed by atoms with Gasteiger partial charge in [0.2, 0.25) is 0 Å². The molecule has 0 aliphatic carbocycles. The maximum atomic E-state index is 11.0. The molecule has 0 rings (SSSR count). The van der Waals surface area contributed by atoms with E-state index in [2.05, 4.69) is 4.74 Å². The maximum absolute atomic E-state index is 11.0. The average molecular weight is 264 g/mol. The van der Waals surface area contributed by atoms with Crippen LogP contribution in [0.1, 0.15) is 6.92 Å². The van der Waals surface area contributed by atoms with Crippen LogP contribution in [0.2, 0.25) is 0 Å². The fourth-order valence-electron chi connectivity index (χ4n) is 0.944. The van der Waals surface area contributed by atoms with Crippen molar-refractivity contribution in [3.63, 3.8) is 0 Å². The zero-order valence-corrected chi connectivity index (χ0v) is 10.6. The summed E-state index contributed by atoms with van der Waals surface area (Å²) in [6.07, 6.45) is -0.608. The van der Waals surface area contributed by atoms with E-state index in [0.717, 1.165) is 0 Å². The molecular weight excluding hydrogens is 244 g/mol. The number of esters is 1. The molecule has 8 nitrogen and oxygen atoms in total. The fourth-order valence-corrected chi connectivity index (χ4v) is 0.944. The predicted octanol–water partition coefficient (Wildman–Crippen LogP) is -1.41. The van der Waals surface area contributed by atoms with Gasteiger partial charge in [0, 0.05) is 0 Å². The Labute approximate surface area is 106 Å². The minimum atomic E-state index is -0.608. The molecule has 0 saturated carbocycles. The van der Waals surface area contributed by atoms with Gasteiger partial charge >= 0.3 is 5.97 Å². The smallest absolute Gasteiger partial charge is 0.334 e. The monoisotopic (exact) mass is 264 g/mol. The quantitative estimate of drug-likeness (QED) is 0.164. The molecule has 0 aliphatic rings. The van der Waals surface area contributed by atoms with Gasteiger partial charge in [0.15, 0.2) is 6.10 Å². The summed E-state index contributed by atoms with van der Waals surface area (Å²) in [5, 5.41) is 0. The topological polar surface area (TPSA) is 109 Å². The molecular formula is C10H20N2O6. The lowest BCUT2D eigenvalue weighted by Crippen LogP contribution is -2.33. The number of methoxy groups -OCH3 is 1. The van der Waals surface area contributed by atoms with Crippen LogP contribution < -0.4 is 11.3 Å². The standard InChI is InChI=1S/C10H20N2O6/c1-8(10(14)15-2)18-6-5-16-3-4-17-7-9(13)12-11/h8H,3-7,11H2,1-2H3,(H,12,13)/t8-/m0/s1. The molecule has 0 radical (unpaired) electrons. The number of carbonyl (C=O) groups excluding carboxylic acids is 2. The van der Waals surface area contributed by atoms with Crippen LogP contribution in [0.25, 0.3) is 0 Å². The number of ether oxygens (including phenoxy) is 4. The molecule has 0 bridgehead atoms. The SMILES string of the molecule is COC(=O)[C@H](C)OCCOCCOCC(=O)NN. The van der Waals surface area contributed by atoms with E-state index in [1.165, 1.54) is 7.11 Å². The molecule has 8 heteroatoms. The van der Waals surface area contributed by atoms with Crippen LogP contribution >= 0.6 is 0 Å². The molecule has 0 spiro atoms. The second-order valence-electron chi connectivity index (χ2n) is 3.27. The Morgan fingerprint density at radius 2 is 1.78 bits per heavy atom. The van der Waals surface area contributed by atoms with Gasteiger partial charge in [0.1, 0.15) is 6.61 Å². The lowest BCUT2D eigenvalue weighted by Gasteiger charge is -2.10. The normalized spacial score (nSPS) is 11.9. The number of carbonyl (C=O) groups is 2. The third-order valence-electron chi connectivity index (χ3n) is 1.89. The van der Waals surface area contributed by atoms with Crippen LogP contribution in [0.15, 0.2) is 0 Å². The lowest BCUT2D eigenvalue weighted by atomic mass is 10.4. The van der Waals surface area contributed by atoms with E-state index < -0.39 is 18.0 Å². The molecule has 0 aromatic heterocycles. The van der Waals surface area contributed by atoms with Gasteiger partial charge in [-0.3, -0.25) is 10.2 Å². The van der Waals surface area contributed by atoms with Crippen LogP contribution in [0.4, 0.5) is 0 Å². The van der Waals surface area contributed by atoms with Crippen LogP contribution in [0.5, 0.6) is 0 Å². The first-order chi connectivity index (χ1) is 8.61. The molecule has 3 N–H and O–H groups in total. The van der Waals surface area contributed by atoms with Gasteiger partial charge < -0.3 is 18.9 Å². The number of amides is 1. The molecule has 0 fully saturated rings. The Bertz CT molecular complexity index is 249. The molecule has 0 aliphatic heterocycles. The van der Waals surface area contributed by atoms with Crippen molar-refractivity contribution in [1.29, 1.82) is 0 Å². The average Bonchev–Trinajstić information content (AvgIpc) is 2.39. The summed E-state index contributed by atoms with van der Waals surface area (Å²) in [5.41, 5.74) is 1.94. The van der Waals surface area contributed by atoms with Crippen molar-refractivity contribution in [2.45, 2.75) is 13.0 Å². The molecule has 0 saturated heterocycles. The lowest BCUT2D eigenvalue weighted by molar-refractivity contribution is -0.153. The summed E-state index contributed by atoms with van der Waals surface area (Å²) in [6.45, 7) is 2.71. The van der Waals surface area contributed by atoms with E-state index in [1.807, 2.05) is 5.43 Å². The van der Waals surface area contributed by atoms with Crippen LogP contribution in [-0.2, 0) is 28.5 Å². The van der Waals surface area contributed by atoms with Crippen molar-refractivity contribution < 1.29 is 28.5 Å². The maximum Gasteiger partial charge on any atom is 0.334 e. The highest BCUT2D eigenvalue weighted by Gasteiger charge is 2.12. The van der Waals surface area contributed by atoms with Gasteiger partial charge in [-0.05, 0) is 6.92 Å². The Hall–Kier alpha value is -1.22. The number of hydrogen-bond acceptors (Lipinski definition) is 7. The summed E-state index contributed by atoms with van der Waals surface area (Å²) in [5.74, 6) is 4.03. The Balaban J connectivity index is 3.26. The zero-order valence-electron chi connectivity index (χ0n) is 10.6. The highest BCUT2D eigenvalue weighted by molar-refractivity contribution is 5.76. The first-order valence-electron chi connectivity index (χ1n) is 5.46. The van der Waals surface area contributed by atoms with Crippen molar-refractivity contribution in [2.24, 2.45) is 5.84 Å². The number of nitrogens with one attached hydrogen (secondary N) is 1. The van der Waals surface area contributed by atoms with Crippen molar-refractivity contribution in [3.05, 3.63) is 0 Å². The highest BCUT2D eigenvalue weighted by atomic mass is 16.6. The van der Waals surface area contributed by atoms with E-state index in [0.29, 0.717) is 13.2 Å².